The second-order valence-corrected chi connectivity index (χ2v) is 6.12. The Bertz CT molecular complexity index is 734. The lowest BCUT2D eigenvalue weighted by atomic mass is 10.1. The van der Waals surface area contributed by atoms with Crippen LogP contribution in [0.25, 0.3) is 5.69 Å². The number of aromatic nitrogens is 2. The number of nitrogens with one attached hydrogen (secondary N) is 1. The summed E-state index contributed by atoms with van der Waals surface area (Å²) in [5.41, 5.74) is 3.65. The highest BCUT2D eigenvalue weighted by molar-refractivity contribution is 5.34. The molecule has 3 aromatic rings. The second-order valence-electron chi connectivity index (χ2n) is 6.12. The van der Waals surface area contributed by atoms with E-state index in [1.54, 1.807) is 24.7 Å². The van der Waals surface area contributed by atoms with Crippen molar-refractivity contribution in [3.63, 3.8) is 0 Å². The number of hydrogen-bond donors (Lipinski definition) is 2. The van der Waals surface area contributed by atoms with Crippen LogP contribution in [-0.2, 0) is 13.0 Å². The summed E-state index contributed by atoms with van der Waals surface area (Å²) < 4.78 is 2.00. The van der Waals surface area contributed by atoms with Crippen LogP contribution in [0, 0.1) is 0 Å². The molecule has 4 heteroatoms. The minimum atomic E-state index is 0.323. The Hall–Kier alpha value is -2.59. The van der Waals surface area contributed by atoms with Crippen LogP contribution in [0.3, 0.4) is 0 Å². The number of rotatable bonds is 7. The van der Waals surface area contributed by atoms with Crippen molar-refractivity contribution in [2.75, 3.05) is 0 Å². The normalized spacial score (nSPS) is 12.2. The largest absolute Gasteiger partial charge is 0.508 e. The summed E-state index contributed by atoms with van der Waals surface area (Å²) in [6.07, 6.45) is 7.61. The Kier molecular flexibility index (Phi) is 5.29. The first kappa shape index (κ1) is 16.3. The molecule has 0 bridgehead atoms. The quantitative estimate of drug-likeness (QED) is 0.698. The van der Waals surface area contributed by atoms with E-state index in [9.17, 15) is 5.11 Å². The van der Waals surface area contributed by atoms with Gasteiger partial charge in [-0.15, -0.1) is 0 Å². The Morgan fingerprint density at radius 1 is 1.04 bits per heavy atom. The molecule has 0 spiro atoms. The maximum absolute atomic E-state index is 9.31. The third-order valence-corrected chi connectivity index (χ3v) is 4.20. The Morgan fingerprint density at radius 3 is 2.42 bits per heavy atom. The number of aromatic hydroxyl groups is 1. The summed E-state index contributed by atoms with van der Waals surface area (Å²) in [6, 6.07) is 16.4. The Morgan fingerprint density at radius 2 is 1.75 bits per heavy atom. The molecule has 0 aliphatic carbocycles. The van der Waals surface area contributed by atoms with Crippen molar-refractivity contribution in [2.24, 2.45) is 0 Å². The van der Waals surface area contributed by atoms with E-state index in [-0.39, 0.29) is 0 Å². The van der Waals surface area contributed by atoms with E-state index in [2.05, 4.69) is 41.5 Å². The number of hydrogen-bond acceptors (Lipinski definition) is 3. The SMILES string of the molecule is CC(CCc1ccc(O)cc1)NCc1ccc(-n2ccnc2)cc1. The van der Waals surface area contributed by atoms with Crippen LogP contribution in [0.1, 0.15) is 24.5 Å². The number of phenolic OH excluding ortho intramolecular Hbond substituents is 1. The average molecular weight is 321 g/mol. The molecule has 0 saturated heterocycles. The molecule has 2 N–H and O–H groups in total. The summed E-state index contributed by atoms with van der Waals surface area (Å²) in [6.45, 7) is 3.07. The molecule has 0 aliphatic heterocycles. The van der Waals surface area contributed by atoms with Gasteiger partial charge in [0, 0.05) is 30.7 Å². The van der Waals surface area contributed by atoms with Gasteiger partial charge in [0.1, 0.15) is 5.75 Å². The summed E-state index contributed by atoms with van der Waals surface area (Å²) in [7, 11) is 0. The van der Waals surface area contributed by atoms with Crippen molar-refractivity contribution in [1.29, 1.82) is 0 Å². The van der Waals surface area contributed by atoms with Crippen LogP contribution in [-0.4, -0.2) is 20.7 Å². The van der Waals surface area contributed by atoms with Crippen LogP contribution in [0.15, 0.2) is 67.3 Å². The zero-order chi connectivity index (χ0) is 16.8. The van der Waals surface area contributed by atoms with E-state index in [0.717, 1.165) is 25.1 Å². The van der Waals surface area contributed by atoms with Gasteiger partial charge in [-0.1, -0.05) is 24.3 Å². The highest BCUT2D eigenvalue weighted by atomic mass is 16.3. The van der Waals surface area contributed by atoms with Gasteiger partial charge in [-0.3, -0.25) is 0 Å². The number of nitrogens with zero attached hydrogens (tertiary/aromatic N) is 2. The summed E-state index contributed by atoms with van der Waals surface area (Å²) in [4.78, 5) is 4.07. The summed E-state index contributed by atoms with van der Waals surface area (Å²) >= 11 is 0. The second kappa shape index (κ2) is 7.79. The fraction of sp³-hybridized carbons (Fsp3) is 0.250. The molecule has 3 rings (SSSR count). The topological polar surface area (TPSA) is 50.1 Å². The van der Waals surface area contributed by atoms with E-state index in [4.69, 9.17) is 0 Å². The van der Waals surface area contributed by atoms with E-state index in [1.165, 1.54) is 11.1 Å². The number of aryl methyl sites for hydroxylation is 1. The minimum absolute atomic E-state index is 0.323. The van der Waals surface area contributed by atoms with Gasteiger partial charge in [-0.2, -0.15) is 0 Å². The molecule has 0 saturated carbocycles. The zero-order valence-corrected chi connectivity index (χ0v) is 13.9. The monoisotopic (exact) mass is 321 g/mol. The molecule has 124 valence electrons. The van der Waals surface area contributed by atoms with Gasteiger partial charge in [-0.05, 0) is 55.2 Å². The predicted molar refractivity (Wildman–Crippen MR) is 96.3 cm³/mol. The molecule has 1 heterocycles. The summed E-state index contributed by atoms with van der Waals surface area (Å²) in [5, 5.41) is 12.9. The first-order chi connectivity index (χ1) is 11.7. The van der Waals surface area contributed by atoms with Crippen molar-refractivity contribution >= 4 is 0 Å². The van der Waals surface area contributed by atoms with Crippen molar-refractivity contribution in [3.8, 4) is 11.4 Å². The summed E-state index contributed by atoms with van der Waals surface area (Å²) in [5.74, 6) is 0.323. The van der Waals surface area contributed by atoms with Crippen molar-refractivity contribution in [2.45, 2.75) is 32.4 Å². The van der Waals surface area contributed by atoms with Crippen LogP contribution in [0.5, 0.6) is 5.75 Å². The third-order valence-electron chi connectivity index (χ3n) is 4.20. The molecule has 0 fully saturated rings. The lowest BCUT2D eigenvalue weighted by Crippen LogP contribution is -2.25. The minimum Gasteiger partial charge on any atom is -0.508 e. The third kappa shape index (κ3) is 4.46. The molecule has 1 unspecified atom stereocenters. The lowest BCUT2D eigenvalue weighted by Gasteiger charge is -2.14. The van der Waals surface area contributed by atoms with Gasteiger partial charge in [0.25, 0.3) is 0 Å². The zero-order valence-electron chi connectivity index (χ0n) is 13.9. The predicted octanol–water partition coefficient (Wildman–Crippen LogP) is 3.69. The van der Waals surface area contributed by atoms with Crippen molar-refractivity contribution in [1.82, 2.24) is 14.9 Å². The molecule has 2 aromatic carbocycles. The van der Waals surface area contributed by atoms with E-state index in [0.29, 0.717) is 11.8 Å². The fourth-order valence-corrected chi connectivity index (χ4v) is 2.64. The van der Waals surface area contributed by atoms with Gasteiger partial charge in [0.15, 0.2) is 0 Å². The molecular formula is C20H23N3O. The van der Waals surface area contributed by atoms with E-state index >= 15 is 0 Å². The fourth-order valence-electron chi connectivity index (χ4n) is 2.64. The molecule has 1 atom stereocenters. The maximum atomic E-state index is 9.31. The van der Waals surface area contributed by atoms with Crippen molar-refractivity contribution < 1.29 is 5.11 Å². The number of imidazole rings is 1. The molecule has 1 aromatic heterocycles. The van der Waals surface area contributed by atoms with Crippen LogP contribution in [0.2, 0.25) is 0 Å². The lowest BCUT2D eigenvalue weighted by molar-refractivity contribution is 0.474. The highest BCUT2D eigenvalue weighted by Crippen LogP contribution is 2.13. The standard InChI is InChI=1S/C20H23N3O/c1-16(2-3-17-6-10-20(24)11-7-17)22-14-18-4-8-19(9-5-18)23-13-12-21-15-23/h4-13,15-16,22,24H,2-3,14H2,1H3. The Balaban J connectivity index is 1.45. The van der Waals surface area contributed by atoms with Gasteiger partial charge < -0.3 is 15.0 Å². The number of phenols is 1. The molecule has 24 heavy (non-hydrogen) atoms. The molecular weight excluding hydrogens is 298 g/mol. The van der Waals surface area contributed by atoms with Crippen LogP contribution in [0.4, 0.5) is 0 Å². The molecule has 0 radical (unpaired) electrons. The number of benzene rings is 2. The Labute approximate surface area is 142 Å². The molecule has 0 amide bonds. The first-order valence-corrected chi connectivity index (χ1v) is 8.29. The first-order valence-electron chi connectivity index (χ1n) is 8.29. The highest BCUT2D eigenvalue weighted by Gasteiger charge is 2.03. The average Bonchev–Trinajstić information content (AvgIpc) is 3.14. The van der Waals surface area contributed by atoms with Gasteiger partial charge in [0.05, 0.1) is 6.33 Å². The van der Waals surface area contributed by atoms with Crippen LogP contribution >= 0.6 is 0 Å². The van der Waals surface area contributed by atoms with Gasteiger partial charge in [-0.25, -0.2) is 4.98 Å². The van der Waals surface area contributed by atoms with Crippen LogP contribution < -0.4 is 5.32 Å². The maximum Gasteiger partial charge on any atom is 0.115 e. The molecule has 0 aliphatic rings. The molecule has 4 nitrogen and oxygen atoms in total. The smallest absolute Gasteiger partial charge is 0.115 e. The van der Waals surface area contributed by atoms with Gasteiger partial charge >= 0.3 is 0 Å². The van der Waals surface area contributed by atoms with Crippen molar-refractivity contribution in [3.05, 3.63) is 78.4 Å². The van der Waals surface area contributed by atoms with Gasteiger partial charge in [0.2, 0.25) is 0 Å². The van der Waals surface area contributed by atoms with E-state index < -0.39 is 0 Å². The van der Waals surface area contributed by atoms with E-state index in [1.807, 2.05) is 22.9 Å².